The second kappa shape index (κ2) is 7.64. The van der Waals surface area contributed by atoms with Crippen LogP contribution in [0.5, 0.6) is 0 Å². The number of hydrogen-bond donors (Lipinski definition) is 0. The molecule has 0 aliphatic carbocycles. The molecule has 140 valence electrons. The molecule has 1 unspecified atom stereocenters. The maximum absolute atomic E-state index is 13.4. The molecule has 0 fully saturated rings. The van der Waals surface area contributed by atoms with E-state index in [1.807, 2.05) is 48.5 Å². The summed E-state index contributed by atoms with van der Waals surface area (Å²) >= 11 is 0. The molecule has 5 nitrogen and oxygen atoms in total. The lowest BCUT2D eigenvalue weighted by molar-refractivity contribution is -0.125. The summed E-state index contributed by atoms with van der Waals surface area (Å²) in [5, 5.41) is 0. The molecular weight excluding hydrogens is 352 g/mol. The van der Waals surface area contributed by atoms with E-state index in [2.05, 4.69) is 4.98 Å². The molecule has 0 N–H and O–H groups in total. The van der Waals surface area contributed by atoms with Gasteiger partial charge in [-0.1, -0.05) is 36.4 Å². The Bertz CT molecular complexity index is 970. The summed E-state index contributed by atoms with van der Waals surface area (Å²) in [5.41, 5.74) is 4.18. The fourth-order valence-corrected chi connectivity index (χ4v) is 3.46. The summed E-state index contributed by atoms with van der Waals surface area (Å²) in [4.78, 5) is 31.3. The van der Waals surface area contributed by atoms with Crippen molar-refractivity contribution in [2.45, 2.75) is 25.9 Å². The lowest BCUT2D eigenvalue weighted by atomic mass is 10.0. The molecule has 0 spiro atoms. The van der Waals surface area contributed by atoms with Crippen LogP contribution in [-0.4, -0.2) is 23.0 Å². The Morgan fingerprint density at radius 1 is 0.929 bits per heavy atom. The van der Waals surface area contributed by atoms with Gasteiger partial charge in [-0.3, -0.25) is 14.7 Å². The number of hydrogen-bond acceptors (Lipinski definition) is 4. The minimum atomic E-state index is -0.938. The van der Waals surface area contributed by atoms with Gasteiger partial charge in [-0.15, -0.1) is 0 Å². The lowest BCUT2D eigenvalue weighted by Crippen LogP contribution is -2.37. The van der Waals surface area contributed by atoms with Crippen LogP contribution in [0.1, 0.15) is 28.4 Å². The van der Waals surface area contributed by atoms with Gasteiger partial charge < -0.3 is 4.74 Å². The van der Waals surface area contributed by atoms with Gasteiger partial charge in [-0.2, -0.15) is 0 Å². The van der Waals surface area contributed by atoms with Crippen LogP contribution in [-0.2, 0) is 22.4 Å². The van der Waals surface area contributed by atoms with Crippen LogP contribution in [0.4, 0.5) is 11.4 Å². The fraction of sp³-hybridized carbons (Fsp3) is 0.174. The highest BCUT2D eigenvalue weighted by molar-refractivity contribution is 6.05. The number of carbonyl (C=O) groups excluding carboxylic acids is 2. The third-order valence-corrected chi connectivity index (χ3v) is 4.88. The number of pyridine rings is 1. The highest BCUT2D eigenvalue weighted by Crippen LogP contribution is 2.36. The SMILES string of the molecule is CC(OC(=O)c1cccnc1)C(=O)N1c2ccccc2CCc2ccccc21. The third-order valence-electron chi connectivity index (χ3n) is 4.88. The van der Waals surface area contributed by atoms with E-state index in [-0.39, 0.29) is 5.91 Å². The minimum Gasteiger partial charge on any atom is -0.449 e. The van der Waals surface area contributed by atoms with Crippen molar-refractivity contribution in [2.75, 3.05) is 4.90 Å². The molecule has 5 heteroatoms. The van der Waals surface area contributed by atoms with Crippen molar-refractivity contribution in [1.82, 2.24) is 4.98 Å². The molecule has 3 aromatic rings. The number of amides is 1. The van der Waals surface area contributed by atoms with E-state index in [9.17, 15) is 9.59 Å². The fourth-order valence-electron chi connectivity index (χ4n) is 3.46. The number of nitrogens with zero attached hydrogens (tertiary/aromatic N) is 2. The second-order valence-corrected chi connectivity index (χ2v) is 6.72. The van der Waals surface area contributed by atoms with Crippen LogP contribution in [0.25, 0.3) is 0 Å². The molecular formula is C23H20N2O3. The van der Waals surface area contributed by atoms with Gasteiger partial charge >= 0.3 is 5.97 Å². The molecule has 1 aromatic heterocycles. The van der Waals surface area contributed by atoms with E-state index < -0.39 is 12.1 Å². The smallest absolute Gasteiger partial charge is 0.340 e. The van der Waals surface area contributed by atoms with Crippen LogP contribution in [0.15, 0.2) is 73.1 Å². The summed E-state index contributed by atoms with van der Waals surface area (Å²) in [6.07, 6.45) is 3.76. The predicted molar refractivity (Wildman–Crippen MR) is 107 cm³/mol. The van der Waals surface area contributed by atoms with Crippen LogP contribution in [0.2, 0.25) is 0 Å². The number of anilines is 2. The average Bonchev–Trinajstić information content (AvgIpc) is 2.90. The number of aryl methyl sites for hydroxylation is 2. The zero-order valence-electron chi connectivity index (χ0n) is 15.5. The lowest BCUT2D eigenvalue weighted by Gasteiger charge is -2.27. The number of esters is 1. The van der Waals surface area contributed by atoms with Crippen molar-refractivity contribution in [3.05, 3.63) is 89.7 Å². The van der Waals surface area contributed by atoms with Gasteiger partial charge in [0.05, 0.1) is 16.9 Å². The number of rotatable bonds is 3. The van der Waals surface area contributed by atoms with Crippen molar-refractivity contribution in [3.8, 4) is 0 Å². The van der Waals surface area contributed by atoms with Gasteiger partial charge in [-0.25, -0.2) is 4.79 Å². The highest BCUT2D eigenvalue weighted by Gasteiger charge is 2.30. The number of benzene rings is 2. The van der Waals surface area contributed by atoms with Crippen molar-refractivity contribution in [2.24, 2.45) is 0 Å². The predicted octanol–water partition coefficient (Wildman–Crippen LogP) is 4.09. The third kappa shape index (κ3) is 3.39. The van der Waals surface area contributed by atoms with Crippen molar-refractivity contribution in [3.63, 3.8) is 0 Å². The molecule has 1 aliphatic heterocycles. The van der Waals surface area contributed by atoms with Crippen LogP contribution >= 0.6 is 0 Å². The molecule has 4 rings (SSSR count). The minimum absolute atomic E-state index is 0.279. The molecule has 2 heterocycles. The molecule has 1 aliphatic rings. The van der Waals surface area contributed by atoms with Crippen molar-refractivity contribution in [1.29, 1.82) is 0 Å². The van der Waals surface area contributed by atoms with E-state index in [0.29, 0.717) is 5.56 Å². The Balaban J connectivity index is 1.67. The van der Waals surface area contributed by atoms with Gasteiger partial charge in [0.15, 0.2) is 6.10 Å². The van der Waals surface area contributed by atoms with Gasteiger partial charge in [0, 0.05) is 12.4 Å². The first-order valence-corrected chi connectivity index (χ1v) is 9.26. The van der Waals surface area contributed by atoms with Gasteiger partial charge in [0.1, 0.15) is 0 Å². The number of ether oxygens (including phenoxy) is 1. The summed E-state index contributed by atoms with van der Waals surface area (Å²) in [6, 6.07) is 19.0. The van der Waals surface area contributed by atoms with Gasteiger partial charge in [0.25, 0.3) is 5.91 Å². The van der Waals surface area contributed by atoms with Crippen LogP contribution in [0.3, 0.4) is 0 Å². The molecule has 1 atom stereocenters. The van der Waals surface area contributed by atoms with E-state index in [1.165, 1.54) is 6.20 Å². The maximum Gasteiger partial charge on any atom is 0.340 e. The molecule has 0 saturated carbocycles. The van der Waals surface area contributed by atoms with Gasteiger partial charge in [-0.05, 0) is 55.2 Å². The molecule has 0 saturated heterocycles. The zero-order chi connectivity index (χ0) is 19.5. The summed E-state index contributed by atoms with van der Waals surface area (Å²) in [5.74, 6) is -0.843. The zero-order valence-corrected chi connectivity index (χ0v) is 15.5. The Morgan fingerprint density at radius 2 is 1.54 bits per heavy atom. The first kappa shape index (κ1) is 17.9. The highest BCUT2D eigenvalue weighted by atomic mass is 16.5. The quantitative estimate of drug-likeness (QED) is 0.650. The van der Waals surface area contributed by atoms with E-state index in [4.69, 9.17) is 4.74 Å². The topological polar surface area (TPSA) is 59.5 Å². The summed E-state index contributed by atoms with van der Waals surface area (Å²) in [7, 11) is 0. The van der Waals surface area contributed by atoms with Crippen LogP contribution in [0, 0.1) is 0 Å². The number of para-hydroxylation sites is 2. The first-order valence-electron chi connectivity index (χ1n) is 9.26. The Kier molecular flexibility index (Phi) is 4.89. The first-order chi connectivity index (χ1) is 13.6. The number of fused-ring (bicyclic) bond motifs is 2. The summed E-state index contributed by atoms with van der Waals surface area (Å²) in [6.45, 7) is 1.60. The molecule has 0 bridgehead atoms. The molecule has 0 radical (unpaired) electrons. The monoisotopic (exact) mass is 372 g/mol. The van der Waals surface area contributed by atoms with Crippen molar-refractivity contribution >= 4 is 23.3 Å². The van der Waals surface area contributed by atoms with Crippen LogP contribution < -0.4 is 4.90 Å². The standard InChI is InChI=1S/C23H20N2O3/c1-16(28-23(27)19-9-6-14-24-15-19)22(26)25-20-10-4-2-7-17(20)12-13-18-8-3-5-11-21(18)25/h2-11,14-16H,12-13H2,1H3. The average molecular weight is 372 g/mol. The maximum atomic E-state index is 13.4. The number of carbonyl (C=O) groups is 2. The second-order valence-electron chi connectivity index (χ2n) is 6.72. The van der Waals surface area contributed by atoms with Gasteiger partial charge in [0.2, 0.25) is 0 Å². The van der Waals surface area contributed by atoms with Crippen molar-refractivity contribution < 1.29 is 14.3 Å². The van der Waals surface area contributed by atoms with E-state index >= 15 is 0 Å². The number of aromatic nitrogens is 1. The molecule has 2 aromatic carbocycles. The summed E-state index contributed by atoms with van der Waals surface area (Å²) < 4.78 is 5.45. The Hall–Kier alpha value is -3.47. The molecule has 1 amide bonds. The van der Waals surface area contributed by atoms with E-state index in [0.717, 1.165) is 35.3 Å². The Morgan fingerprint density at radius 3 is 2.11 bits per heavy atom. The van der Waals surface area contributed by atoms with E-state index in [1.54, 1.807) is 30.2 Å². The normalized spacial score (nSPS) is 13.7. The molecule has 28 heavy (non-hydrogen) atoms. The largest absolute Gasteiger partial charge is 0.449 e. The Labute approximate surface area is 163 Å².